The molecule has 1 saturated carbocycles. The molecule has 0 aliphatic heterocycles. The Bertz CT molecular complexity index is 605. The van der Waals surface area contributed by atoms with Crippen molar-refractivity contribution in [3.63, 3.8) is 0 Å². The molecule has 3 atom stereocenters. The van der Waals surface area contributed by atoms with Crippen molar-refractivity contribution in [3.8, 4) is 0 Å². The van der Waals surface area contributed by atoms with Crippen molar-refractivity contribution in [3.05, 3.63) is 36.5 Å². The zero-order valence-electron chi connectivity index (χ0n) is 13.3. The smallest absolute Gasteiger partial charge is 0.0703 e. The van der Waals surface area contributed by atoms with Gasteiger partial charge in [0.05, 0.1) is 17.4 Å². The second kappa shape index (κ2) is 6.05. The number of hydrogen-bond donors (Lipinski definition) is 1. The average molecular weight is 282 g/mol. The molecule has 1 fully saturated rings. The molecule has 112 valence electrons. The molecule has 3 rings (SSSR count). The zero-order valence-corrected chi connectivity index (χ0v) is 13.3. The predicted molar refractivity (Wildman–Crippen MR) is 90.5 cm³/mol. The number of anilines is 1. The van der Waals surface area contributed by atoms with Crippen molar-refractivity contribution >= 4 is 16.6 Å². The Morgan fingerprint density at radius 2 is 2.00 bits per heavy atom. The van der Waals surface area contributed by atoms with Gasteiger partial charge >= 0.3 is 0 Å². The molecule has 0 spiro atoms. The highest BCUT2D eigenvalue weighted by Gasteiger charge is 2.30. The summed E-state index contributed by atoms with van der Waals surface area (Å²) in [6.45, 7) is 7.09. The van der Waals surface area contributed by atoms with Crippen molar-refractivity contribution in [1.82, 2.24) is 4.98 Å². The molecule has 21 heavy (non-hydrogen) atoms. The molecular weight excluding hydrogens is 256 g/mol. The fourth-order valence-corrected chi connectivity index (χ4v) is 3.73. The van der Waals surface area contributed by atoms with Crippen LogP contribution in [0.25, 0.3) is 10.9 Å². The van der Waals surface area contributed by atoms with Crippen LogP contribution in [0.1, 0.15) is 40.0 Å². The molecule has 2 nitrogen and oxygen atoms in total. The maximum atomic E-state index is 4.57. The first-order chi connectivity index (χ1) is 10.1. The molecule has 3 unspecified atom stereocenters. The topological polar surface area (TPSA) is 24.9 Å². The number of hydrogen-bond acceptors (Lipinski definition) is 2. The third-order valence-electron chi connectivity index (χ3n) is 4.96. The van der Waals surface area contributed by atoms with Gasteiger partial charge in [-0.1, -0.05) is 45.4 Å². The summed E-state index contributed by atoms with van der Waals surface area (Å²) < 4.78 is 0. The first-order valence-electron chi connectivity index (χ1n) is 8.25. The molecule has 0 amide bonds. The first kappa shape index (κ1) is 14.4. The van der Waals surface area contributed by atoms with Crippen LogP contribution >= 0.6 is 0 Å². The number of rotatable bonds is 3. The molecule has 1 aliphatic carbocycles. The Morgan fingerprint density at radius 1 is 1.19 bits per heavy atom. The molecule has 1 aromatic carbocycles. The lowest BCUT2D eigenvalue weighted by atomic mass is 9.74. The van der Waals surface area contributed by atoms with Gasteiger partial charge in [-0.25, -0.2) is 0 Å². The third kappa shape index (κ3) is 3.20. The summed E-state index contributed by atoms with van der Waals surface area (Å²) in [5.41, 5.74) is 2.24. The van der Waals surface area contributed by atoms with E-state index in [9.17, 15) is 0 Å². The minimum atomic E-state index is 0.580. The van der Waals surface area contributed by atoms with E-state index >= 15 is 0 Å². The number of nitrogens with zero attached hydrogens (tertiary/aromatic N) is 1. The van der Waals surface area contributed by atoms with Gasteiger partial charge in [0.1, 0.15) is 0 Å². The Morgan fingerprint density at radius 3 is 2.81 bits per heavy atom. The fraction of sp³-hybridized carbons (Fsp3) is 0.526. The van der Waals surface area contributed by atoms with Crippen LogP contribution in [0.4, 0.5) is 5.69 Å². The second-order valence-electron chi connectivity index (χ2n) is 6.99. The summed E-state index contributed by atoms with van der Waals surface area (Å²) in [5.74, 6) is 2.34. The van der Waals surface area contributed by atoms with Gasteiger partial charge in [0.2, 0.25) is 0 Å². The Hall–Kier alpha value is -1.57. The Balaban J connectivity index is 1.81. The van der Waals surface area contributed by atoms with E-state index in [1.54, 1.807) is 0 Å². The van der Waals surface area contributed by atoms with Gasteiger partial charge < -0.3 is 5.32 Å². The number of aromatic nitrogens is 1. The van der Waals surface area contributed by atoms with Crippen LogP contribution in [0.15, 0.2) is 36.5 Å². The highest BCUT2D eigenvalue weighted by atomic mass is 14.9. The summed E-state index contributed by atoms with van der Waals surface area (Å²) in [7, 11) is 0. The van der Waals surface area contributed by atoms with Crippen LogP contribution in [0, 0.1) is 17.8 Å². The standard InChI is InChI=1S/C19H26N2/c1-13(2)17-9-8-14(3)10-19(17)21-16-11-15-6-4-5-7-18(15)20-12-16/h4-7,11-14,17,19,21H,8-10H2,1-3H3. The zero-order chi connectivity index (χ0) is 14.8. The number of fused-ring (bicyclic) bond motifs is 1. The average Bonchev–Trinajstić information content (AvgIpc) is 2.47. The van der Waals surface area contributed by atoms with E-state index in [2.05, 4.69) is 55.3 Å². The molecular formula is C19H26N2. The monoisotopic (exact) mass is 282 g/mol. The van der Waals surface area contributed by atoms with Crippen LogP contribution < -0.4 is 5.32 Å². The molecule has 1 aromatic heterocycles. The summed E-state index contributed by atoms with van der Waals surface area (Å²) >= 11 is 0. The van der Waals surface area contributed by atoms with Crippen molar-refractivity contribution in [2.75, 3.05) is 5.32 Å². The summed E-state index contributed by atoms with van der Waals surface area (Å²) in [6, 6.07) is 11.1. The van der Waals surface area contributed by atoms with Gasteiger partial charge in [-0.15, -0.1) is 0 Å². The van der Waals surface area contributed by atoms with Crippen molar-refractivity contribution in [2.24, 2.45) is 17.8 Å². The van der Waals surface area contributed by atoms with E-state index in [0.29, 0.717) is 6.04 Å². The predicted octanol–water partition coefficient (Wildman–Crippen LogP) is 5.11. The molecule has 0 bridgehead atoms. The quantitative estimate of drug-likeness (QED) is 0.846. The van der Waals surface area contributed by atoms with E-state index in [0.717, 1.165) is 23.3 Å². The third-order valence-corrected chi connectivity index (χ3v) is 4.96. The molecule has 0 saturated heterocycles. The highest BCUT2D eigenvalue weighted by molar-refractivity contribution is 5.81. The number of nitrogens with one attached hydrogen (secondary N) is 1. The lowest BCUT2D eigenvalue weighted by Gasteiger charge is -2.38. The van der Waals surface area contributed by atoms with Gasteiger partial charge in [-0.2, -0.15) is 0 Å². The summed E-state index contributed by atoms with van der Waals surface area (Å²) in [6.07, 6.45) is 5.98. The Kier molecular flexibility index (Phi) is 4.14. The van der Waals surface area contributed by atoms with Crippen LogP contribution in [-0.2, 0) is 0 Å². The maximum absolute atomic E-state index is 4.57. The number of para-hydroxylation sites is 1. The number of pyridine rings is 1. The summed E-state index contributed by atoms with van der Waals surface area (Å²) in [5, 5.41) is 4.99. The lowest BCUT2D eigenvalue weighted by molar-refractivity contribution is 0.212. The SMILES string of the molecule is CC1CCC(C(C)C)C(Nc2cnc3ccccc3c2)C1. The van der Waals surface area contributed by atoms with E-state index in [-0.39, 0.29) is 0 Å². The molecule has 1 aliphatic rings. The van der Waals surface area contributed by atoms with E-state index in [1.807, 2.05) is 12.3 Å². The highest BCUT2D eigenvalue weighted by Crippen LogP contribution is 2.35. The van der Waals surface area contributed by atoms with E-state index in [4.69, 9.17) is 0 Å². The first-order valence-corrected chi connectivity index (χ1v) is 8.25. The van der Waals surface area contributed by atoms with E-state index in [1.165, 1.54) is 30.3 Å². The molecule has 1 heterocycles. The van der Waals surface area contributed by atoms with Crippen LogP contribution in [-0.4, -0.2) is 11.0 Å². The van der Waals surface area contributed by atoms with Crippen LogP contribution in [0.3, 0.4) is 0 Å². The molecule has 0 radical (unpaired) electrons. The molecule has 2 heteroatoms. The van der Waals surface area contributed by atoms with Gasteiger partial charge in [-0.3, -0.25) is 4.98 Å². The lowest BCUT2D eigenvalue weighted by Crippen LogP contribution is -2.37. The summed E-state index contributed by atoms with van der Waals surface area (Å²) in [4.78, 5) is 4.57. The van der Waals surface area contributed by atoms with Crippen LogP contribution in [0.5, 0.6) is 0 Å². The van der Waals surface area contributed by atoms with Gasteiger partial charge in [0.15, 0.2) is 0 Å². The van der Waals surface area contributed by atoms with Gasteiger partial charge in [0, 0.05) is 11.4 Å². The molecule has 2 aromatic rings. The maximum Gasteiger partial charge on any atom is 0.0703 e. The van der Waals surface area contributed by atoms with Crippen LogP contribution in [0.2, 0.25) is 0 Å². The van der Waals surface area contributed by atoms with Crippen molar-refractivity contribution in [1.29, 1.82) is 0 Å². The van der Waals surface area contributed by atoms with Crippen molar-refractivity contribution < 1.29 is 0 Å². The second-order valence-corrected chi connectivity index (χ2v) is 6.99. The minimum absolute atomic E-state index is 0.580. The fourth-order valence-electron chi connectivity index (χ4n) is 3.73. The normalized spacial score (nSPS) is 26.2. The molecule has 1 N–H and O–H groups in total. The van der Waals surface area contributed by atoms with Gasteiger partial charge in [0.25, 0.3) is 0 Å². The number of benzene rings is 1. The minimum Gasteiger partial charge on any atom is -0.381 e. The van der Waals surface area contributed by atoms with Gasteiger partial charge in [-0.05, 0) is 42.7 Å². The Labute approximate surface area is 128 Å². The van der Waals surface area contributed by atoms with E-state index < -0.39 is 0 Å². The largest absolute Gasteiger partial charge is 0.381 e. The van der Waals surface area contributed by atoms with Crippen molar-refractivity contribution in [2.45, 2.75) is 46.1 Å².